The van der Waals surface area contributed by atoms with Gasteiger partial charge in [-0.25, -0.2) is 0 Å². The highest BCUT2D eigenvalue weighted by Crippen LogP contribution is 2.19. The lowest BCUT2D eigenvalue weighted by molar-refractivity contribution is -0.148. The average molecular weight is 254 g/mol. The number of hydrogen-bond donors (Lipinski definition) is 1. The van der Waals surface area contributed by atoms with E-state index in [-0.39, 0.29) is 11.9 Å². The first-order valence-corrected chi connectivity index (χ1v) is 7.15. The van der Waals surface area contributed by atoms with Crippen molar-refractivity contribution in [3.05, 3.63) is 0 Å². The minimum Gasteiger partial charge on any atom is -0.348 e. The Morgan fingerprint density at radius 1 is 1.33 bits per heavy atom. The first-order valence-electron chi connectivity index (χ1n) is 7.15. The van der Waals surface area contributed by atoms with Crippen molar-refractivity contribution < 1.29 is 9.59 Å². The number of likely N-dealkylation sites (tertiary alicyclic amines) is 1. The van der Waals surface area contributed by atoms with Gasteiger partial charge in [-0.1, -0.05) is 20.8 Å². The minimum absolute atomic E-state index is 0.252. The van der Waals surface area contributed by atoms with E-state index in [0.29, 0.717) is 12.5 Å². The second kappa shape index (κ2) is 7.39. The maximum atomic E-state index is 12.1. The standard InChI is InChI=1S/C14H26N2O2/c1-4-12-7-5-6-10-16(12)14(18)13(17)15-9-8-11(2)3/h11-12H,4-10H2,1-3H3,(H,15,17). The molecule has 0 aromatic heterocycles. The third-order valence-corrected chi connectivity index (χ3v) is 3.56. The molecule has 4 heteroatoms. The van der Waals surface area contributed by atoms with Crippen LogP contribution in [-0.2, 0) is 9.59 Å². The minimum atomic E-state index is -0.434. The Balaban J connectivity index is 2.43. The van der Waals surface area contributed by atoms with Crippen LogP contribution in [-0.4, -0.2) is 35.8 Å². The van der Waals surface area contributed by atoms with Gasteiger partial charge in [-0.15, -0.1) is 0 Å². The first-order chi connectivity index (χ1) is 8.56. The van der Waals surface area contributed by atoms with Crippen molar-refractivity contribution in [2.45, 2.75) is 58.9 Å². The van der Waals surface area contributed by atoms with Crippen LogP contribution in [0, 0.1) is 5.92 Å². The van der Waals surface area contributed by atoms with Gasteiger partial charge in [0, 0.05) is 19.1 Å². The maximum absolute atomic E-state index is 12.1. The highest BCUT2D eigenvalue weighted by atomic mass is 16.2. The van der Waals surface area contributed by atoms with E-state index in [2.05, 4.69) is 26.1 Å². The van der Waals surface area contributed by atoms with Crippen LogP contribution in [0.2, 0.25) is 0 Å². The summed E-state index contributed by atoms with van der Waals surface area (Å²) in [6.45, 7) is 7.60. The fraction of sp³-hybridized carbons (Fsp3) is 0.857. The van der Waals surface area contributed by atoms with E-state index in [1.807, 2.05) is 0 Å². The van der Waals surface area contributed by atoms with Crippen molar-refractivity contribution in [2.24, 2.45) is 5.92 Å². The maximum Gasteiger partial charge on any atom is 0.312 e. The largest absolute Gasteiger partial charge is 0.348 e. The van der Waals surface area contributed by atoms with Crippen LogP contribution < -0.4 is 5.32 Å². The Bertz CT molecular complexity index is 290. The van der Waals surface area contributed by atoms with E-state index in [4.69, 9.17) is 0 Å². The zero-order chi connectivity index (χ0) is 13.5. The van der Waals surface area contributed by atoms with Gasteiger partial charge < -0.3 is 10.2 Å². The van der Waals surface area contributed by atoms with Crippen molar-refractivity contribution in [3.8, 4) is 0 Å². The van der Waals surface area contributed by atoms with E-state index < -0.39 is 5.91 Å². The molecule has 1 aliphatic heterocycles. The molecule has 0 spiro atoms. The van der Waals surface area contributed by atoms with Crippen molar-refractivity contribution in [2.75, 3.05) is 13.1 Å². The van der Waals surface area contributed by atoms with Crippen LogP contribution in [0.1, 0.15) is 52.9 Å². The quantitative estimate of drug-likeness (QED) is 0.779. The lowest BCUT2D eigenvalue weighted by atomic mass is 10.00. The van der Waals surface area contributed by atoms with Crippen LogP contribution in [0.3, 0.4) is 0 Å². The molecule has 1 aliphatic rings. The zero-order valence-electron chi connectivity index (χ0n) is 11.9. The number of rotatable bonds is 4. The van der Waals surface area contributed by atoms with Gasteiger partial charge in [0.2, 0.25) is 0 Å². The smallest absolute Gasteiger partial charge is 0.312 e. The van der Waals surface area contributed by atoms with Crippen molar-refractivity contribution in [1.29, 1.82) is 0 Å². The van der Waals surface area contributed by atoms with E-state index in [1.54, 1.807) is 4.90 Å². The topological polar surface area (TPSA) is 49.4 Å². The van der Waals surface area contributed by atoms with Crippen LogP contribution >= 0.6 is 0 Å². The molecule has 1 N–H and O–H groups in total. The van der Waals surface area contributed by atoms with Crippen molar-refractivity contribution in [3.63, 3.8) is 0 Å². The van der Waals surface area contributed by atoms with Crippen LogP contribution in [0.15, 0.2) is 0 Å². The van der Waals surface area contributed by atoms with Crippen molar-refractivity contribution >= 4 is 11.8 Å². The summed E-state index contributed by atoms with van der Waals surface area (Å²) in [5, 5.41) is 2.73. The predicted molar refractivity (Wildman–Crippen MR) is 72.1 cm³/mol. The van der Waals surface area contributed by atoms with Gasteiger partial charge in [0.05, 0.1) is 0 Å². The van der Waals surface area contributed by atoms with E-state index in [0.717, 1.165) is 38.6 Å². The molecule has 104 valence electrons. The number of piperidine rings is 1. The second-order valence-corrected chi connectivity index (χ2v) is 5.49. The molecule has 0 saturated carbocycles. The summed E-state index contributed by atoms with van der Waals surface area (Å²) in [5.74, 6) is -0.236. The molecule has 0 aliphatic carbocycles. The van der Waals surface area contributed by atoms with Crippen LogP contribution in [0.4, 0.5) is 0 Å². The normalized spacial score (nSPS) is 20.0. The summed E-state index contributed by atoms with van der Waals surface area (Å²) in [4.78, 5) is 25.6. The summed E-state index contributed by atoms with van der Waals surface area (Å²) in [6, 6.07) is 0.252. The Hall–Kier alpha value is -1.06. The number of nitrogens with zero attached hydrogens (tertiary/aromatic N) is 1. The molecule has 18 heavy (non-hydrogen) atoms. The number of carbonyl (C=O) groups is 2. The molecule has 1 heterocycles. The van der Waals surface area contributed by atoms with Gasteiger partial charge in [-0.05, 0) is 38.0 Å². The highest BCUT2D eigenvalue weighted by Gasteiger charge is 2.29. The predicted octanol–water partition coefficient (Wildman–Crippen LogP) is 1.94. The zero-order valence-corrected chi connectivity index (χ0v) is 11.9. The number of hydrogen-bond acceptors (Lipinski definition) is 2. The molecule has 0 aromatic carbocycles. The number of nitrogens with one attached hydrogen (secondary N) is 1. The summed E-state index contributed by atoms with van der Waals surface area (Å²) in [7, 11) is 0. The molecule has 0 bridgehead atoms. The van der Waals surface area contributed by atoms with Gasteiger partial charge in [-0.2, -0.15) is 0 Å². The fourth-order valence-corrected chi connectivity index (χ4v) is 2.37. The fourth-order valence-electron chi connectivity index (χ4n) is 2.37. The van der Waals surface area contributed by atoms with E-state index in [9.17, 15) is 9.59 Å². The molecule has 4 nitrogen and oxygen atoms in total. The number of amides is 2. The first kappa shape index (κ1) is 15.0. The lowest BCUT2D eigenvalue weighted by Gasteiger charge is -2.34. The third kappa shape index (κ3) is 4.31. The summed E-state index contributed by atoms with van der Waals surface area (Å²) in [5.41, 5.74) is 0. The van der Waals surface area contributed by atoms with E-state index in [1.165, 1.54) is 0 Å². The molecule has 1 atom stereocenters. The second-order valence-electron chi connectivity index (χ2n) is 5.49. The Labute approximate surface area is 110 Å². The van der Waals surface area contributed by atoms with Crippen molar-refractivity contribution in [1.82, 2.24) is 10.2 Å². The Morgan fingerprint density at radius 3 is 2.67 bits per heavy atom. The molecule has 1 unspecified atom stereocenters. The Morgan fingerprint density at radius 2 is 2.06 bits per heavy atom. The molecule has 1 saturated heterocycles. The lowest BCUT2D eigenvalue weighted by Crippen LogP contribution is -2.50. The molecule has 0 radical (unpaired) electrons. The molecule has 1 fully saturated rings. The molecular weight excluding hydrogens is 228 g/mol. The van der Waals surface area contributed by atoms with Crippen LogP contribution in [0.25, 0.3) is 0 Å². The van der Waals surface area contributed by atoms with E-state index >= 15 is 0 Å². The summed E-state index contributed by atoms with van der Waals surface area (Å²) >= 11 is 0. The Kier molecular flexibility index (Phi) is 6.16. The molecular formula is C14H26N2O2. The third-order valence-electron chi connectivity index (χ3n) is 3.56. The number of carbonyl (C=O) groups excluding carboxylic acids is 2. The van der Waals surface area contributed by atoms with Crippen LogP contribution in [0.5, 0.6) is 0 Å². The SMILES string of the molecule is CCC1CCCCN1C(=O)C(=O)NCCC(C)C. The summed E-state index contributed by atoms with van der Waals surface area (Å²) in [6.07, 6.45) is 5.06. The van der Waals surface area contributed by atoms with Gasteiger partial charge in [0.15, 0.2) is 0 Å². The molecule has 0 aromatic rings. The van der Waals surface area contributed by atoms with Gasteiger partial charge in [-0.3, -0.25) is 9.59 Å². The van der Waals surface area contributed by atoms with Gasteiger partial charge in [0.1, 0.15) is 0 Å². The van der Waals surface area contributed by atoms with Gasteiger partial charge in [0.25, 0.3) is 0 Å². The average Bonchev–Trinajstić information content (AvgIpc) is 2.37. The monoisotopic (exact) mass is 254 g/mol. The molecule has 2 amide bonds. The molecule has 1 rings (SSSR count). The van der Waals surface area contributed by atoms with Gasteiger partial charge >= 0.3 is 11.8 Å². The summed E-state index contributed by atoms with van der Waals surface area (Å²) < 4.78 is 0. The highest BCUT2D eigenvalue weighted by molar-refractivity contribution is 6.35.